The Balaban J connectivity index is 2.05. The van der Waals surface area contributed by atoms with E-state index in [2.05, 4.69) is 12.2 Å². The van der Waals surface area contributed by atoms with Gasteiger partial charge in [0.05, 0.1) is 6.10 Å². The minimum Gasteiger partial charge on any atom is -0.378 e. The van der Waals surface area contributed by atoms with E-state index < -0.39 is 0 Å². The van der Waals surface area contributed by atoms with Crippen molar-refractivity contribution in [2.75, 3.05) is 6.61 Å². The van der Waals surface area contributed by atoms with Crippen LogP contribution in [0.4, 0.5) is 0 Å². The van der Waals surface area contributed by atoms with E-state index in [0.717, 1.165) is 25.7 Å². The number of hydrogen-bond acceptors (Lipinski definition) is 3. The number of imide groups is 1. The number of ether oxygens (including phenoxy) is 1. The smallest absolute Gasteiger partial charge is 0.227 e. The predicted octanol–water partition coefficient (Wildman–Crippen LogP) is 1.39. The molecule has 0 aliphatic carbocycles. The first-order chi connectivity index (χ1) is 7.63. The Morgan fingerprint density at radius 2 is 2.06 bits per heavy atom. The SMILES string of the molecule is CCCC1CC2(CCO1)CC(=O)NC(=O)C2. The molecule has 4 nitrogen and oxygen atoms in total. The number of carbonyl (C=O) groups excluding carboxylic acids is 2. The highest BCUT2D eigenvalue weighted by atomic mass is 16.5. The van der Waals surface area contributed by atoms with Crippen molar-refractivity contribution in [3.63, 3.8) is 0 Å². The van der Waals surface area contributed by atoms with Gasteiger partial charge in [0.1, 0.15) is 0 Å². The third-order valence-electron chi connectivity index (χ3n) is 3.61. The Morgan fingerprint density at radius 1 is 1.38 bits per heavy atom. The van der Waals surface area contributed by atoms with E-state index in [1.54, 1.807) is 0 Å². The summed E-state index contributed by atoms with van der Waals surface area (Å²) in [6.07, 6.45) is 5.02. The van der Waals surface area contributed by atoms with Crippen LogP contribution in [0.25, 0.3) is 0 Å². The van der Waals surface area contributed by atoms with Crippen molar-refractivity contribution in [2.24, 2.45) is 5.41 Å². The van der Waals surface area contributed by atoms with Gasteiger partial charge in [0.15, 0.2) is 0 Å². The predicted molar refractivity (Wildman–Crippen MR) is 58.7 cm³/mol. The quantitative estimate of drug-likeness (QED) is 0.722. The summed E-state index contributed by atoms with van der Waals surface area (Å²) in [7, 11) is 0. The first kappa shape index (κ1) is 11.6. The fraction of sp³-hybridized carbons (Fsp3) is 0.833. The minimum atomic E-state index is -0.117. The summed E-state index contributed by atoms with van der Waals surface area (Å²) >= 11 is 0. The fourth-order valence-electron chi connectivity index (χ4n) is 2.90. The zero-order chi connectivity index (χ0) is 11.6. The third kappa shape index (κ3) is 2.43. The van der Waals surface area contributed by atoms with Crippen LogP contribution in [0.5, 0.6) is 0 Å². The normalized spacial score (nSPS) is 29.2. The topological polar surface area (TPSA) is 55.4 Å². The van der Waals surface area contributed by atoms with Crippen LogP contribution in [-0.4, -0.2) is 24.5 Å². The van der Waals surface area contributed by atoms with Crippen molar-refractivity contribution >= 4 is 11.8 Å². The molecule has 1 atom stereocenters. The van der Waals surface area contributed by atoms with Gasteiger partial charge in [-0.15, -0.1) is 0 Å². The number of carbonyl (C=O) groups is 2. The summed E-state index contributed by atoms with van der Waals surface area (Å²) in [6.45, 7) is 2.81. The van der Waals surface area contributed by atoms with Crippen molar-refractivity contribution in [1.29, 1.82) is 0 Å². The van der Waals surface area contributed by atoms with Crippen LogP contribution in [0, 0.1) is 5.41 Å². The molecule has 0 radical (unpaired) electrons. The molecule has 16 heavy (non-hydrogen) atoms. The van der Waals surface area contributed by atoms with E-state index in [9.17, 15) is 9.59 Å². The summed E-state index contributed by atoms with van der Waals surface area (Å²) in [5.41, 5.74) is -0.114. The van der Waals surface area contributed by atoms with E-state index in [1.807, 2.05) is 0 Å². The molecule has 2 amide bonds. The molecule has 0 aromatic rings. The van der Waals surface area contributed by atoms with Gasteiger partial charge in [-0.1, -0.05) is 13.3 Å². The van der Waals surface area contributed by atoms with E-state index in [4.69, 9.17) is 4.74 Å². The molecule has 1 unspecified atom stereocenters. The maximum atomic E-state index is 11.4. The molecular weight excluding hydrogens is 206 g/mol. The van der Waals surface area contributed by atoms with Gasteiger partial charge < -0.3 is 4.74 Å². The molecule has 4 heteroatoms. The highest BCUT2D eigenvalue weighted by Gasteiger charge is 2.43. The molecule has 2 heterocycles. The van der Waals surface area contributed by atoms with E-state index in [0.29, 0.717) is 19.4 Å². The van der Waals surface area contributed by atoms with Crippen LogP contribution in [0.15, 0.2) is 0 Å². The van der Waals surface area contributed by atoms with Crippen LogP contribution < -0.4 is 5.32 Å². The Hall–Kier alpha value is -0.900. The molecule has 2 aliphatic rings. The van der Waals surface area contributed by atoms with Gasteiger partial charge in [-0.2, -0.15) is 0 Å². The lowest BCUT2D eigenvalue weighted by atomic mass is 9.70. The second kappa shape index (κ2) is 4.53. The van der Waals surface area contributed by atoms with Gasteiger partial charge in [0.2, 0.25) is 11.8 Å². The highest BCUT2D eigenvalue weighted by Crippen LogP contribution is 2.42. The number of rotatable bonds is 2. The van der Waals surface area contributed by atoms with Gasteiger partial charge >= 0.3 is 0 Å². The van der Waals surface area contributed by atoms with Crippen molar-refractivity contribution in [3.8, 4) is 0 Å². The van der Waals surface area contributed by atoms with Crippen LogP contribution in [-0.2, 0) is 14.3 Å². The van der Waals surface area contributed by atoms with Crippen LogP contribution >= 0.6 is 0 Å². The lowest BCUT2D eigenvalue weighted by Crippen LogP contribution is -2.48. The maximum absolute atomic E-state index is 11.4. The Labute approximate surface area is 95.7 Å². The van der Waals surface area contributed by atoms with E-state index in [1.165, 1.54) is 0 Å². The van der Waals surface area contributed by atoms with Gasteiger partial charge in [0.25, 0.3) is 0 Å². The van der Waals surface area contributed by atoms with Gasteiger partial charge in [-0.25, -0.2) is 0 Å². The molecular formula is C12H19NO3. The molecule has 0 aromatic carbocycles. The molecule has 90 valence electrons. The molecule has 2 rings (SSSR count). The Kier molecular flexibility index (Phi) is 3.28. The number of amides is 2. The monoisotopic (exact) mass is 225 g/mol. The van der Waals surface area contributed by atoms with E-state index >= 15 is 0 Å². The molecule has 2 saturated heterocycles. The molecule has 2 aliphatic heterocycles. The first-order valence-electron chi connectivity index (χ1n) is 6.08. The van der Waals surface area contributed by atoms with Gasteiger partial charge in [-0.05, 0) is 24.7 Å². The van der Waals surface area contributed by atoms with E-state index in [-0.39, 0.29) is 23.3 Å². The van der Waals surface area contributed by atoms with Crippen molar-refractivity contribution in [2.45, 2.75) is 51.6 Å². The van der Waals surface area contributed by atoms with Gasteiger partial charge in [0, 0.05) is 19.4 Å². The molecule has 2 fully saturated rings. The van der Waals surface area contributed by atoms with Crippen molar-refractivity contribution in [3.05, 3.63) is 0 Å². The van der Waals surface area contributed by atoms with Crippen LogP contribution in [0.2, 0.25) is 0 Å². The largest absolute Gasteiger partial charge is 0.378 e. The summed E-state index contributed by atoms with van der Waals surface area (Å²) in [4.78, 5) is 22.9. The number of hydrogen-bond donors (Lipinski definition) is 1. The molecule has 0 bridgehead atoms. The average Bonchev–Trinajstić information content (AvgIpc) is 2.15. The zero-order valence-electron chi connectivity index (χ0n) is 9.75. The van der Waals surface area contributed by atoms with Crippen molar-refractivity contribution < 1.29 is 14.3 Å². The fourth-order valence-corrected chi connectivity index (χ4v) is 2.90. The van der Waals surface area contributed by atoms with Crippen LogP contribution in [0.1, 0.15) is 45.4 Å². The molecule has 1 N–H and O–H groups in total. The average molecular weight is 225 g/mol. The standard InChI is InChI=1S/C12H19NO3/c1-2-3-9-6-12(4-5-16-9)7-10(14)13-11(15)8-12/h9H,2-8H2,1H3,(H,13,14,15). The third-order valence-corrected chi connectivity index (χ3v) is 3.61. The lowest BCUT2D eigenvalue weighted by molar-refractivity contribution is -0.143. The molecule has 1 spiro atoms. The zero-order valence-corrected chi connectivity index (χ0v) is 9.75. The Bertz CT molecular complexity index is 283. The maximum Gasteiger partial charge on any atom is 0.227 e. The Morgan fingerprint density at radius 3 is 2.69 bits per heavy atom. The summed E-state index contributed by atoms with van der Waals surface area (Å²) in [6, 6.07) is 0. The summed E-state index contributed by atoms with van der Waals surface area (Å²) in [5, 5.41) is 2.38. The first-order valence-corrected chi connectivity index (χ1v) is 6.08. The summed E-state index contributed by atoms with van der Waals surface area (Å²) < 4.78 is 5.67. The van der Waals surface area contributed by atoms with Crippen molar-refractivity contribution in [1.82, 2.24) is 5.32 Å². The van der Waals surface area contributed by atoms with Crippen LogP contribution in [0.3, 0.4) is 0 Å². The lowest BCUT2D eigenvalue weighted by Gasteiger charge is -2.42. The minimum absolute atomic E-state index is 0.114. The second-order valence-corrected chi connectivity index (χ2v) is 5.06. The second-order valence-electron chi connectivity index (χ2n) is 5.06. The summed E-state index contributed by atoms with van der Waals surface area (Å²) in [5.74, 6) is -0.234. The number of nitrogens with one attached hydrogen (secondary N) is 1. The number of piperidine rings is 1. The molecule has 0 saturated carbocycles. The molecule has 0 aromatic heterocycles. The highest BCUT2D eigenvalue weighted by molar-refractivity contribution is 5.98. The van der Waals surface area contributed by atoms with Gasteiger partial charge in [-0.3, -0.25) is 14.9 Å².